The van der Waals surface area contributed by atoms with Crippen LogP contribution in [0.1, 0.15) is 16.9 Å². The Hall–Kier alpha value is -2.53. The maximum atomic E-state index is 12.7. The highest BCUT2D eigenvalue weighted by molar-refractivity contribution is 7.89. The van der Waals surface area contributed by atoms with Crippen LogP contribution in [0.2, 0.25) is 0 Å². The van der Waals surface area contributed by atoms with E-state index in [2.05, 4.69) is 19.6 Å². The standard InChI is InChI=1S/C19H23N5O4S/c20-19(25)18-17-14(4-6-21-18)15-12-13(2-3-16(15)23-17)29(26,27)22-5-1-7-24-8-10-28-11-9-24/h2-4,6,12,22-23H,1,5,7-11H2,(H2,20,25). The number of morpholine rings is 1. The van der Waals surface area contributed by atoms with E-state index in [0.29, 0.717) is 28.4 Å². The van der Waals surface area contributed by atoms with Gasteiger partial charge < -0.3 is 15.5 Å². The van der Waals surface area contributed by atoms with Gasteiger partial charge in [-0.1, -0.05) is 0 Å². The van der Waals surface area contributed by atoms with E-state index in [9.17, 15) is 13.2 Å². The van der Waals surface area contributed by atoms with Gasteiger partial charge in [0.1, 0.15) is 0 Å². The molecule has 9 nitrogen and oxygen atoms in total. The lowest BCUT2D eigenvalue weighted by molar-refractivity contribution is 0.0376. The summed E-state index contributed by atoms with van der Waals surface area (Å²) in [6, 6.07) is 6.55. The van der Waals surface area contributed by atoms with E-state index in [1.165, 1.54) is 6.20 Å². The van der Waals surface area contributed by atoms with Crippen LogP contribution in [0.25, 0.3) is 21.8 Å². The zero-order valence-electron chi connectivity index (χ0n) is 15.8. The lowest BCUT2D eigenvalue weighted by Gasteiger charge is -2.26. The zero-order chi connectivity index (χ0) is 20.4. The van der Waals surface area contributed by atoms with Crippen LogP contribution in [0.15, 0.2) is 35.4 Å². The van der Waals surface area contributed by atoms with Crippen molar-refractivity contribution in [3.8, 4) is 0 Å². The first-order chi connectivity index (χ1) is 14.0. The number of carbonyl (C=O) groups excluding carboxylic acids is 1. The number of nitrogens with one attached hydrogen (secondary N) is 2. The molecule has 0 saturated carbocycles. The summed E-state index contributed by atoms with van der Waals surface area (Å²) in [6.07, 6.45) is 2.21. The van der Waals surface area contributed by atoms with E-state index < -0.39 is 15.9 Å². The number of benzene rings is 1. The highest BCUT2D eigenvalue weighted by Gasteiger charge is 2.18. The van der Waals surface area contributed by atoms with Crippen molar-refractivity contribution in [2.24, 2.45) is 5.73 Å². The molecule has 3 heterocycles. The van der Waals surface area contributed by atoms with Crippen LogP contribution in [0.5, 0.6) is 0 Å². The second-order valence-electron chi connectivity index (χ2n) is 6.98. The molecule has 29 heavy (non-hydrogen) atoms. The van der Waals surface area contributed by atoms with E-state index in [-0.39, 0.29) is 10.6 Å². The quantitative estimate of drug-likeness (QED) is 0.488. The number of primary amides is 1. The molecule has 3 aromatic rings. The molecule has 0 spiro atoms. The number of rotatable bonds is 7. The van der Waals surface area contributed by atoms with Gasteiger partial charge in [0.05, 0.1) is 23.6 Å². The maximum Gasteiger partial charge on any atom is 0.269 e. The summed E-state index contributed by atoms with van der Waals surface area (Å²) >= 11 is 0. The van der Waals surface area contributed by atoms with Crippen molar-refractivity contribution in [3.63, 3.8) is 0 Å². The van der Waals surface area contributed by atoms with Gasteiger partial charge in [-0.05, 0) is 37.2 Å². The molecule has 0 aliphatic carbocycles. The Labute approximate surface area is 168 Å². The number of amides is 1. The third-order valence-electron chi connectivity index (χ3n) is 5.08. The lowest BCUT2D eigenvalue weighted by Crippen LogP contribution is -2.38. The molecule has 1 aliphatic rings. The summed E-state index contributed by atoms with van der Waals surface area (Å²) in [5.41, 5.74) is 6.73. The molecule has 0 bridgehead atoms. The maximum absolute atomic E-state index is 12.7. The van der Waals surface area contributed by atoms with Gasteiger partial charge in [0.15, 0.2) is 5.69 Å². The molecule has 4 N–H and O–H groups in total. The average molecular weight is 417 g/mol. The number of hydrogen-bond donors (Lipinski definition) is 3. The van der Waals surface area contributed by atoms with Crippen molar-refractivity contribution in [3.05, 3.63) is 36.2 Å². The van der Waals surface area contributed by atoms with E-state index in [0.717, 1.165) is 39.3 Å². The third kappa shape index (κ3) is 4.10. The van der Waals surface area contributed by atoms with E-state index >= 15 is 0 Å². The molecule has 2 aromatic heterocycles. The molecule has 1 fully saturated rings. The van der Waals surface area contributed by atoms with Gasteiger partial charge in [0, 0.05) is 42.1 Å². The molecule has 1 aliphatic heterocycles. The summed E-state index contributed by atoms with van der Waals surface area (Å²) in [6.45, 7) is 4.41. The van der Waals surface area contributed by atoms with E-state index in [1.807, 2.05) is 0 Å². The van der Waals surface area contributed by atoms with Crippen LogP contribution < -0.4 is 10.5 Å². The summed E-state index contributed by atoms with van der Waals surface area (Å²) < 4.78 is 33.4. The van der Waals surface area contributed by atoms with Crippen molar-refractivity contribution >= 4 is 37.7 Å². The number of hydrogen-bond acceptors (Lipinski definition) is 6. The molecule has 154 valence electrons. The highest BCUT2D eigenvalue weighted by Crippen LogP contribution is 2.28. The van der Waals surface area contributed by atoms with E-state index in [1.54, 1.807) is 24.3 Å². The fourth-order valence-electron chi connectivity index (χ4n) is 3.57. The van der Waals surface area contributed by atoms with Crippen LogP contribution in [-0.4, -0.2) is 68.6 Å². The monoisotopic (exact) mass is 417 g/mol. The minimum Gasteiger partial charge on any atom is -0.379 e. The second-order valence-corrected chi connectivity index (χ2v) is 8.75. The Morgan fingerprint density at radius 1 is 1.24 bits per heavy atom. The number of aromatic nitrogens is 2. The SMILES string of the molecule is NC(=O)c1nccc2c1[nH]c1ccc(S(=O)(=O)NCCCN3CCOCC3)cc12. The number of H-pyrrole nitrogens is 1. The highest BCUT2D eigenvalue weighted by atomic mass is 32.2. The average Bonchev–Trinajstić information content (AvgIpc) is 3.10. The number of sulfonamides is 1. The molecular weight excluding hydrogens is 394 g/mol. The van der Waals surface area contributed by atoms with Crippen molar-refractivity contribution < 1.29 is 17.9 Å². The van der Waals surface area contributed by atoms with Crippen molar-refractivity contribution in [1.29, 1.82) is 0 Å². The number of carbonyl (C=O) groups is 1. The fourth-order valence-corrected chi connectivity index (χ4v) is 4.67. The number of pyridine rings is 1. The first-order valence-corrected chi connectivity index (χ1v) is 10.9. The van der Waals surface area contributed by atoms with Gasteiger partial charge in [-0.15, -0.1) is 0 Å². The molecule has 0 unspecified atom stereocenters. The third-order valence-corrected chi connectivity index (χ3v) is 6.54. The van der Waals surface area contributed by atoms with Gasteiger partial charge in [-0.2, -0.15) is 0 Å². The Morgan fingerprint density at radius 2 is 2.03 bits per heavy atom. The van der Waals surface area contributed by atoms with Crippen LogP contribution in [0.3, 0.4) is 0 Å². The van der Waals surface area contributed by atoms with Gasteiger partial charge in [0.25, 0.3) is 5.91 Å². The van der Waals surface area contributed by atoms with Crippen LogP contribution in [-0.2, 0) is 14.8 Å². The second kappa shape index (κ2) is 8.07. The Morgan fingerprint density at radius 3 is 2.79 bits per heavy atom. The molecule has 1 aromatic carbocycles. The largest absolute Gasteiger partial charge is 0.379 e. The number of ether oxygens (including phenoxy) is 1. The number of aromatic amines is 1. The minimum atomic E-state index is -3.64. The molecule has 10 heteroatoms. The predicted octanol–water partition coefficient (Wildman–Crippen LogP) is 0.816. The molecule has 1 saturated heterocycles. The number of nitrogens with zero attached hydrogens (tertiary/aromatic N) is 2. The fraction of sp³-hybridized carbons (Fsp3) is 0.368. The number of fused-ring (bicyclic) bond motifs is 3. The van der Waals surface area contributed by atoms with E-state index in [4.69, 9.17) is 10.5 Å². The summed E-state index contributed by atoms with van der Waals surface area (Å²) in [5.74, 6) is -0.642. The predicted molar refractivity (Wildman–Crippen MR) is 109 cm³/mol. The van der Waals surface area contributed by atoms with Crippen LogP contribution >= 0.6 is 0 Å². The first-order valence-electron chi connectivity index (χ1n) is 9.46. The molecular formula is C19H23N5O4S. The van der Waals surface area contributed by atoms with Crippen LogP contribution in [0, 0.1) is 0 Å². The lowest BCUT2D eigenvalue weighted by atomic mass is 10.1. The summed E-state index contributed by atoms with van der Waals surface area (Å²) in [4.78, 5) is 21.2. The van der Waals surface area contributed by atoms with Gasteiger partial charge in [-0.25, -0.2) is 18.1 Å². The number of nitrogens with two attached hydrogens (primary N) is 1. The molecule has 4 rings (SSSR count). The summed E-state index contributed by atoms with van der Waals surface area (Å²) in [7, 11) is -3.64. The first kappa shape index (κ1) is 19.8. The topological polar surface area (TPSA) is 130 Å². The minimum absolute atomic E-state index is 0.129. The molecule has 0 atom stereocenters. The van der Waals surface area contributed by atoms with Crippen molar-refractivity contribution in [1.82, 2.24) is 19.6 Å². The van der Waals surface area contributed by atoms with Gasteiger partial charge in [0.2, 0.25) is 10.0 Å². The van der Waals surface area contributed by atoms with Crippen molar-refractivity contribution in [2.45, 2.75) is 11.3 Å². The molecule has 0 radical (unpaired) electrons. The zero-order valence-corrected chi connectivity index (χ0v) is 16.7. The normalized spacial score (nSPS) is 15.9. The smallest absolute Gasteiger partial charge is 0.269 e. The Bertz CT molecular complexity index is 1150. The Balaban J connectivity index is 1.52. The Kier molecular flexibility index (Phi) is 5.50. The van der Waals surface area contributed by atoms with Gasteiger partial charge in [-0.3, -0.25) is 9.69 Å². The van der Waals surface area contributed by atoms with Crippen LogP contribution in [0.4, 0.5) is 0 Å². The summed E-state index contributed by atoms with van der Waals surface area (Å²) in [5, 5.41) is 1.40. The van der Waals surface area contributed by atoms with Gasteiger partial charge >= 0.3 is 0 Å². The molecule has 1 amide bonds. The van der Waals surface area contributed by atoms with Crippen molar-refractivity contribution in [2.75, 3.05) is 39.4 Å².